The quantitative estimate of drug-likeness (QED) is 0.625. The van der Waals surface area contributed by atoms with E-state index in [1.807, 2.05) is 19.4 Å². The Bertz CT molecular complexity index is 859. The van der Waals surface area contributed by atoms with Crippen molar-refractivity contribution in [1.82, 2.24) is 34.2 Å². The molecule has 0 aliphatic carbocycles. The van der Waals surface area contributed by atoms with Gasteiger partial charge in [0.15, 0.2) is 5.65 Å². The van der Waals surface area contributed by atoms with Gasteiger partial charge in [-0.15, -0.1) is 0 Å². The third-order valence-corrected chi connectivity index (χ3v) is 5.23. The topological polar surface area (TPSA) is 67.9 Å². The monoisotopic (exact) mass is 354 g/mol. The fourth-order valence-corrected chi connectivity index (χ4v) is 3.64. The van der Waals surface area contributed by atoms with E-state index in [0.29, 0.717) is 0 Å². The van der Waals surface area contributed by atoms with Gasteiger partial charge in [-0.1, -0.05) is 0 Å². The Morgan fingerprint density at radius 2 is 1.81 bits per heavy atom. The number of piperazine rings is 1. The van der Waals surface area contributed by atoms with Gasteiger partial charge in [0.25, 0.3) is 0 Å². The molecule has 0 N–H and O–H groups in total. The summed E-state index contributed by atoms with van der Waals surface area (Å²) in [6.45, 7) is 8.44. The van der Waals surface area contributed by atoms with Crippen molar-refractivity contribution in [3.8, 4) is 0 Å². The number of unbranched alkanes of at least 4 members (excludes halogenated alkanes) is 1. The van der Waals surface area contributed by atoms with Crippen LogP contribution >= 0.6 is 0 Å². The zero-order chi connectivity index (χ0) is 17.9. The van der Waals surface area contributed by atoms with Crippen molar-refractivity contribution in [1.29, 1.82) is 0 Å². The van der Waals surface area contributed by atoms with E-state index < -0.39 is 0 Å². The lowest BCUT2D eigenvalue weighted by atomic mass is 10.2. The minimum Gasteiger partial charge on any atom is -0.353 e. The standard InChI is InChI=1S/C18H26N8/c1-15-19-5-8-25(15)7-4-3-6-24-9-11-26(12-10-24)18-16-13-22-23(2)17(16)20-14-21-18/h5,8,13-14H,3-4,6-7,9-12H2,1-2H3. The molecule has 3 aromatic heterocycles. The van der Waals surface area contributed by atoms with Gasteiger partial charge in [-0.05, 0) is 26.3 Å². The third kappa shape index (κ3) is 3.41. The maximum atomic E-state index is 4.52. The fourth-order valence-electron chi connectivity index (χ4n) is 3.64. The summed E-state index contributed by atoms with van der Waals surface area (Å²) >= 11 is 0. The molecular formula is C18H26N8. The lowest BCUT2D eigenvalue weighted by Crippen LogP contribution is -2.47. The average molecular weight is 354 g/mol. The van der Waals surface area contributed by atoms with Crippen molar-refractivity contribution in [2.45, 2.75) is 26.3 Å². The molecular weight excluding hydrogens is 328 g/mol. The summed E-state index contributed by atoms with van der Waals surface area (Å²) in [6, 6.07) is 0. The summed E-state index contributed by atoms with van der Waals surface area (Å²) in [5.74, 6) is 2.11. The molecule has 8 heteroatoms. The maximum Gasteiger partial charge on any atom is 0.163 e. The van der Waals surface area contributed by atoms with Crippen LogP contribution in [0.5, 0.6) is 0 Å². The Hall–Kier alpha value is -2.48. The lowest BCUT2D eigenvalue weighted by molar-refractivity contribution is 0.251. The van der Waals surface area contributed by atoms with Crippen LogP contribution in [0.25, 0.3) is 11.0 Å². The van der Waals surface area contributed by atoms with E-state index in [0.717, 1.165) is 61.9 Å². The number of nitrogens with zero attached hydrogens (tertiary/aromatic N) is 8. The van der Waals surface area contributed by atoms with Crippen molar-refractivity contribution in [2.24, 2.45) is 7.05 Å². The second-order valence-corrected chi connectivity index (χ2v) is 6.91. The zero-order valence-electron chi connectivity index (χ0n) is 15.5. The van der Waals surface area contributed by atoms with Gasteiger partial charge in [0.05, 0.1) is 11.6 Å². The first-order valence-corrected chi connectivity index (χ1v) is 9.30. The van der Waals surface area contributed by atoms with Gasteiger partial charge in [0.2, 0.25) is 0 Å². The summed E-state index contributed by atoms with van der Waals surface area (Å²) in [5.41, 5.74) is 0.896. The van der Waals surface area contributed by atoms with Crippen molar-refractivity contribution in [3.63, 3.8) is 0 Å². The van der Waals surface area contributed by atoms with E-state index in [-0.39, 0.29) is 0 Å². The van der Waals surface area contributed by atoms with Gasteiger partial charge in [-0.25, -0.2) is 15.0 Å². The molecule has 0 atom stereocenters. The number of aryl methyl sites for hydroxylation is 3. The predicted molar refractivity (Wildman–Crippen MR) is 101 cm³/mol. The molecule has 1 saturated heterocycles. The summed E-state index contributed by atoms with van der Waals surface area (Å²) in [7, 11) is 1.92. The second-order valence-electron chi connectivity index (χ2n) is 6.91. The van der Waals surface area contributed by atoms with Crippen LogP contribution in [0.15, 0.2) is 24.9 Å². The van der Waals surface area contributed by atoms with Crippen LogP contribution in [-0.4, -0.2) is 66.9 Å². The molecule has 138 valence electrons. The van der Waals surface area contributed by atoms with E-state index in [2.05, 4.69) is 47.5 Å². The van der Waals surface area contributed by atoms with Gasteiger partial charge >= 0.3 is 0 Å². The number of hydrogen-bond acceptors (Lipinski definition) is 6. The molecule has 0 radical (unpaired) electrons. The highest BCUT2D eigenvalue weighted by Crippen LogP contribution is 2.23. The van der Waals surface area contributed by atoms with E-state index in [1.165, 1.54) is 12.8 Å². The molecule has 4 rings (SSSR count). The number of imidazole rings is 1. The fraction of sp³-hybridized carbons (Fsp3) is 0.556. The maximum absolute atomic E-state index is 4.52. The number of fused-ring (bicyclic) bond motifs is 1. The molecule has 26 heavy (non-hydrogen) atoms. The van der Waals surface area contributed by atoms with Gasteiger partial charge in [0, 0.05) is 52.2 Å². The first-order valence-electron chi connectivity index (χ1n) is 9.30. The normalized spacial score (nSPS) is 15.8. The summed E-state index contributed by atoms with van der Waals surface area (Å²) in [5, 5.41) is 5.35. The number of anilines is 1. The van der Waals surface area contributed by atoms with Gasteiger partial charge in [-0.3, -0.25) is 9.58 Å². The van der Waals surface area contributed by atoms with Crippen LogP contribution in [0.4, 0.5) is 5.82 Å². The molecule has 1 aliphatic heterocycles. The second kappa shape index (κ2) is 7.41. The molecule has 3 aromatic rings. The number of rotatable bonds is 6. The molecule has 4 heterocycles. The van der Waals surface area contributed by atoms with Crippen LogP contribution in [0.2, 0.25) is 0 Å². The van der Waals surface area contributed by atoms with Crippen LogP contribution in [0.3, 0.4) is 0 Å². The molecule has 1 aliphatic rings. The first-order chi connectivity index (χ1) is 12.7. The van der Waals surface area contributed by atoms with Crippen molar-refractivity contribution in [3.05, 3.63) is 30.7 Å². The molecule has 0 amide bonds. The van der Waals surface area contributed by atoms with Crippen molar-refractivity contribution >= 4 is 16.9 Å². The van der Waals surface area contributed by atoms with E-state index in [4.69, 9.17) is 0 Å². The minimum atomic E-state index is 0.896. The summed E-state index contributed by atoms with van der Waals surface area (Å²) < 4.78 is 4.03. The average Bonchev–Trinajstić information content (AvgIpc) is 3.25. The molecule has 0 saturated carbocycles. The zero-order valence-corrected chi connectivity index (χ0v) is 15.5. The van der Waals surface area contributed by atoms with Crippen molar-refractivity contribution < 1.29 is 0 Å². The van der Waals surface area contributed by atoms with E-state index >= 15 is 0 Å². The lowest BCUT2D eigenvalue weighted by Gasteiger charge is -2.35. The molecule has 0 spiro atoms. The van der Waals surface area contributed by atoms with Crippen LogP contribution in [0.1, 0.15) is 18.7 Å². The highest BCUT2D eigenvalue weighted by Gasteiger charge is 2.20. The molecule has 0 unspecified atom stereocenters. The molecule has 0 aromatic carbocycles. The Morgan fingerprint density at radius 3 is 2.58 bits per heavy atom. The minimum absolute atomic E-state index is 0.896. The SMILES string of the molecule is Cc1nccn1CCCCN1CCN(c2ncnc3c2cnn3C)CC1. The van der Waals surface area contributed by atoms with Gasteiger partial charge in [-0.2, -0.15) is 5.10 Å². The number of hydrogen-bond donors (Lipinski definition) is 0. The molecule has 1 fully saturated rings. The smallest absolute Gasteiger partial charge is 0.163 e. The van der Waals surface area contributed by atoms with Gasteiger partial charge in [0.1, 0.15) is 18.0 Å². The Labute approximate surface area is 153 Å². The summed E-state index contributed by atoms with van der Waals surface area (Å²) in [4.78, 5) is 18.0. The van der Waals surface area contributed by atoms with E-state index in [1.54, 1.807) is 11.0 Å². The Kier molecular flexibility index (Phi) is 4.83. The van der Waals surface area contributed by atoms with Crippen LogP contribution < -0.4 is 4.90 Å². The number of aromatic nitrogens is 6. The first kappa shape index (κ1) is 17.0. The Morgan fingerprint density at radius 1 is 1.00 bits per heavy atom. The van der Waals surface area contributed by atoms with Crippen LogP contribution in [-0.2, 0) is 13.6 Å². The summed E-state index contributed by atoms with van der Waals surface area (Å²) in [6.07, 6.45) is 9.87. The van der Waals surface area contributed by atoms with Crippen molar-refractivity contribution in [2.75, 3.05) is 37.6 Å². The van der Waals surface area contributed by atoms with E-state index in [9.17, 15) is 0 Å². The highest BCUT2D eigenvalue weighted by atomic mass is 15.3. The van der Waals surface area contributed by atoms with Gasteiger partial charge < -0.3 is 9.47 Å². The Balaban J connectivity index is 1.27. The molecule has 0 bridgehead atoms. The third-order valence-electron chi connectivity index (χ3n) is 5.23. The highest BCUT2D eigenvalue weighted by molar-refractivity contribution is 5.86. The largest absolute Gasteiger partial charge is 0.353 e. The predicted octanol–water partition coefficient (Wildman–Crippen LogP) is 1.47. The van der Waals surface area contributed by atoms with Crippen LogP contribution in [0, 0.1) is 6.92 Å². The molecule has 8 nitrogen and oxygen atoms in total.